The van der Waals surface area contributed by atoms with Crippen LogP contribution >= 0.6 is 11.6 Å². The van der Waals surface area contributed by atoms with Crippen molar-refractivity contribution < 1.29 is 26.4 Å². The zero-order valence-corrected chi connectivity index (χ0v) is 15.4. The van der Waals surface area contributed by atoms with E-state index in [1.165, 1.54) is 18.3 Å². The summed E-state index contributed by atoms with van der Waals surface area (Å²) in [6.45, 7) is 0. The molecule has 3 rings (SSSR count). The molecule has 6 nitrogen and oxygen atoms in total. The fourth-order valence-corrected chi connectivity index (χ4v) is 3.74. The Bertz CT molecular complexity index is 1130. The summed E-state index contributed by atoms with van der Waals surface area (Å²) in [5.41, 5.74) is -1.01. The Morgan fingerprint density at radius 2 is 1.89 bits per heavy atom. The molecule has 1 aromatic carbocycles. The quantitative estimate of drug-likeness (QED) is 0.678. The molecule has 2 aromatic heterocycles. The summed E-state index contributed by atoms with van der Waals surface area (Å²) in [5, 5.41) is 1.85. The first kappa shape index (κ1) is 19.9. The molecule has 0 aliphatic rings. The Balaban J connectivity index is 1.89. The van der Waals surface area contributed by atoms with E-state index in [-0.39, 0.29) is 11.4 Å². The molecule has 0 spiro atoms. The van der Waals surface area contributed by atoms with Crippen LogP contribution in [0.4, 0.5) is 18.9 Å². The number of carbonyl (C=O) groups excluding carboxylic acids is 1. The summed E-state index contributed by atoms with van der Waals surface area (Å²) in [7, 11) is -4.33. The van der Waals surface area contributed by atoms with Gasteiger partial charge >= 0.3 is 6.18 Å². The molecule has 146 valence electrons. The predicted octanol–water partition coefficient (Wildman–Crippen LogP) is 4.04. The van der Waals surface area contributed by atoms with Gasteiger partial charge in [0, 0.05) is 18.6 Å². The smallest absolute Gasteiger partial charge is 0.319 e. The number of pyridine rings is 1. The monoisotopic (exact) mass is 429 g/mol. The first-order valence-electron chi connectivity index (χ1n) is 7.62. The number of rotatable bonds is 4. The maximum atomic E-state index is 13.0. The minimum atomic E-state index is -4.80. The summed E-state index contributed by atoms with van der Waals surface area (Å²) >= 11 is 5.52. The predicted molar refractivity (Wildman–Crippen MR) is 95.7 cm³/mol. The third kappa shape index (κ3) is 4.02. The number of nitrogens with one attached hydrogen (secondary N) is 1. The van der Waals surface area contributed by atoms with Crippen molar-refractivity contribution in [2.75, 3.05) is 5.32 Å². The van der Waals surface area contributed by atoms with E-state index in [1.54, 1.807) is 12.1 Å². The first-order chi connectivity index (χ1) is 13.1. The number of amides is 1. The molecule has 0 saturated carbocycles. The summed E-state index contributed by atoms with van der Waals surface area (Å²) in [4.78, 5) is 15.3. The highest BCUT2D eigenvalue weighted by Crippen LogP contribution is 2.36. The lowest BCUT2D eigenvalue weighted by Crippen LogP contribution is -2.15. The van der Waals surface area contributed by atoms with Gasteiger partial charge in [-0.15, -0.1) is 0 Å². The number of nitrogens with zero attached hydrogens (tertiary/aromatic N) is 2. The van der Waals surface area contributed by atoms with Gasteiger partial charge in [-0.2, -0.15) is 13.2 Å². The number of aromatic nitrogens is 2. The van der Waals surface area contributed by atoms with Crippen molar-refractivity contribution in [2.24, 2.45) is 0 Å². The Morgan fingerprint density at radius 3 is 2.54 bits per heavy atom. The Morgan fingerprint density at radius 1 is 1.14 bits per heavy atom. The van der Waals surface area contributed by atoms with Crippen molar-refractivity contribution in [3.8, 4) is 0 Å². The maximum absolute atomic E-state index is 13.0. The van der Waals surface area contributed by atoms with Crippen molar-refractivity contribution in [2.45, 2.75) is 11.1 Å². The molecule has 0 saturated heterocycles. The van der Waals surface area contributed by atoms with Crippen molar-refractivity contribution in [1.29, 1.82) is 0 Å². The van der Waals surface area contributed by atoms with Gasteiger partial charge in [-0.1, -0.05) is 17.7 Å². The van der Waals surface area contributed by atoms with Crippen LogP contribution in [0.15, 0.2) is 66.0 Å². The molecular weight excluding hydrogens is 419 g/mol. The highest BCUT2D eigenvalue weighted by molar-refractivity contribution is 7.90. The zero-order chi connectivity index (χ0) is 20.5. The molecule has 0 radical (unpaired) electrons. The average molecular weight is 430 g/mol. The van der Waals surface area contributed by atoms with E-state index in [4.69, 9.17) is 11.6 Å². The van der Waals surface area contributed by atoms with Crippen LogP contribution in [0.2, 0.25) is 5.02 Å². The van der Waals surface area contributed by atoms with Crippen molar-refractivity contribution in [3.63, 3.8) is 0 Å². The fourth-order valence-electron chi connectivity index (χ4n) is 2.30. The van der Waals surface area contributed by atoms with Crippen LogP contribution in [-0.2, 0) is 16.2 Å². The van der Waals surface area contributed by atoms with E-state index in [9.17, 15) is 26.4 Å². The van der Waals surface area contributed by atoms with E-state index >= 15 is 0 Å². The van der Waals surface area contributed by atoms with Crippen LogP contribution < -0.4 is 5.32 Å². The minimum absolute atomic E-state index is 0.116. The molecule has 0 atom stereocenters. The van der Waals surface area contributed by atoms with Gasteiger partial charge in [0.1, 0.15) is 5.69 Å². The number of alkyl halides is 3. The second kappa shape index (κ2) is 7.28. The van der Waals surface area contributed by atoms with Crippen molar-refractivity contribution in [1.82, 2.24) is 8.96 Å². The van der Waals surface area contributed by atoms with Crippen LogP contribution in [0.5, 0.6) is 0 Å². The highest BCUT2D eigenvalue weighted by atomic mass is 35.5. The number of hydrogen-bond acceptors (Lipinski definition) is 4. The molecular formula is C17H11ClF3N3O3S. The lowest BCUT2D eigenvalue weighted by Gasteiger charge is -2.12. The third-order valence-electron chi connectivity index (χ3n) is 3.64. The second-order valence-electron chi connectivity index (χ2n) is 5.54. The van der Waals surface area contributed by atoms with E-state index in [0.29, 0.717) is 10.0 Å². The average Bonchev–Trinajstić information content (AvgIpc) is 3.11. The van der Waals surface area contributed by atoms with Crippen molar-refractivity contribution in [3.05, 3.63) is 77.3 Å². The molecule has 28 heavy (non-hydrogen) atoms. The van der Waals surface area contributed by atoms with Gasteiger partial charge in [0.25, 0.3) is 15.9 Å². The molecule has 0 fully saturated rings. The van der Waals surface area contributed by atoms with Gasteiger partial charge in [0.2, 0.25) is 0 Å². The molecule has 0 aliphatic heterocycles. The van der Waals surface area contributed by atoms with Crippen LogP contribution in [0.3, 0.4) is 0 Å². The van der Waals surface area contributed by atoms with E-state index in [2.05, 4.69) is 10.3 Å². The molecule has 3 aromatic rings. The summed E-state index contributed by atoms with van der Waals surface area (Å²) in [6.07, 6.45) is -1.21. The number of carbonyl (C=O) groups is 1. The van der Waals surface area contributed by atoms with Gasteiger partial charge in [0.05, 0.1) is 21.2 Å². The number of anilines is 1. The van der Waals surface area contributed by atoms with Gasteiger partial charge in [-0.05, 0) is 36.4 Å². The van der Waals surface area contributed by atoms with Crippen LogP contribution in [-0.4, -0.2) is 23.3 Å². The molecule has 2 heterocycles. The third-order valence-corrected chi connectivity index (χ3v) is 5.60. The van der Waals surface area contributed by atoms with Gasteiger partial charge in [-0.3, -0.25) is 9.78 Å². The molecule has 0 aliphatic carbocycles. The number of hydrogen-bond donors (Lipinski definition) is 1. The Labute approximate surface area is 162 Å². The summed E-state index contributed by atoms with van der Waals surface area (Å²) in [5.74, 6) is -0.568. The molecule has 11 heteroatoms. The zero-order valence-electron chi connectivity index (χ0n) is 13.8. The van der Waals surface area contributed by atoms with E-state index < -0.39 is 37.6 Å². The van der Waals surface area contributed by atoms with E-state index in [1.807, 2.05) is 0 Å². The maximum Gasteiger partial charge on any atom is 0.417 e. The second-order valence-corrected chi connectivity index (χ2v) is 7.79. The normalized spacial score (nSPS) is 12.0. The number of halogens is 4. The van der Waals surface area contributed by atoms with Gasteiger partial charge < -0.3 is 5.32 Å². The first-order valence-corrected chi connectivity index (χ1v) is 9.43. The number of benzene rings is 1. The van der Waals surface area contributed by atoms with E-state index in [0.717, 1.165) is 24.5 Å². The van der Waals surface area contributed by atoms with Gasteiger partial charge in [0.15, 0.2) is 0 Å². The molecule has 1 N–H and O–H groups in total. The fraction of sp³-hybridized carbons (Fsp3) is 0.0588. The largest absolute Gasteiger partial charge is 0.417 e. The molecule has 0 bridgehead atoms. The minimum Gasteiger partial charge on any atom is -0.319 e. The Kier molecular flexibility index (Phi) is 5.18. The van der Waals surface area contributed by atoms with Crippen LogP contribution in [0.1, 0.15) is 16.1 Å². The van der Waals surface area contributed by atoms with Crippen molar-refractivity contribution >= 4 is 33.2 Å². The lowest BCUT2D eigenvalue weighted by atomic mass is 10.2. The molecule has 0 unspecified atom stereocenters. The molecule has 1 amide bonds. The topological polar surface area (TPSA) is 81.1 Å². The summed E-state index contributed by atoms with van der Waals surface area (Å²) in [6, 6.07) is 8.29. The van der Waals surface area contributed by atoms with Crippen LogP contribution in [0.25, 0.3) is 0 Å². The van der Waals surface area contributed by atoms with Gasteiger partial charge in [-0.25, -0.2) is 12.4 Å². The lowest BCUT2D eigenvalue weighted by molar-refractivity contribution is -0.137. The highest BCUT2D eigenvalue weighted by Gasteiger charge is 2.34. The van der Waals surface area contributed by atoms with Crippen LogP contribution in [0, 0.1) is 0 Å². The standard InChI is InChI=1S/C17H11ClF3N3O3S/c18-14-5-4-12(9-13(14)17(19,20)21)28(26,27)24-8-6-11(10-24)23-16(25)15-3-1-2-7-22-15/h1-10H,(H,23,25). The Hall–Kier alpha value is -2.85. The summed E-state index contributed by atoms with van der Waals surface area (Å²) < 4.78 is 64.9. The SMILES string of the molecule is O=C(Nc1ccn(S(=O)(=O)c2ccc(Cl)c(C(F)(F)F)c2)c1)c1ccccn1.